The SMILES string of the molecule is CN(CC1(CO)CCC1)S(=O)(=O)NC(=O)c1cnn2ccc(N3CCCC3c3cc(F)ccc3F)cc12. The van der Waals surface area contributed by atoms with Crippen molar-refractivity contribution < 1.29 is 27.1 Å². The molecule has 9 nitrogen and oxygen atoms in total. The fourth-order valence-corrected chi connectivity index (χ4v) is 6.29. The highest BCUT2D eigenvalue weighted by molar-refractivity contribution is 7.87. The van der Waals surface area contributed by atoms with E-state index in [-0.39, 0.29) is 30.3 Å². The van der Waals surface area contributed by atoms with Gasteiger partial charge in [-0.1, -0.05) is 6.42 Å². The Morgan fingerprint density at radius 1 is 1.24 bits per heavy atom. The van der Waals surface area contributed by atoms with Crippen LogP contribution in [0, 0.1) is 17.0 Å². The number of aliphatic hydroxyl groups excluding tert-OH is 1. The molecule has 12 heteroatoms. The molecule has 1 aliphatic heterocycles. The van der Waals surface area contributed by atoms with E-state index in [2.05, 4.69) is 9.82 Å². The molecule has 1 unspecified atom stereocenters. The second kappa shape index (κ2) is 9.66. The molecular formula is C25H29F2N5O4S. The number of anilines is 1. The summed E-state index contributed by atoms with van der Waals surface area (Å²) in [5, 5.41) is 13.8. The number of carbonyl (C=O) groups excluding carboxylic acids is 1. The number of aromatic nitrogens is 2. The number of pyridine rings is 1. The predicted octanol–water partition coefficient (Wildman–Crippen LogP) is 3.02. The van der Waals surface area contributed by atoms with E-state index in [4.69, 9.17) is 0 Å². The van der Waals surface area contributed by atoms with E-state index in [1.54, 1.807) is 18.3 Å². The molecule has 1 aliphatic carbocycles. The van der Waals surface area contributed by atoms with Gasteiger partial charge in [0.25, 0.3) is 5.91 Å². The number of carbonyl (C=O) groups is 1. The molecule has 0 bridgehead atoms. The number of aliphatic hydroxyl groups is 1. The number of hydrogen-bond acceptors (Lipinski definition) is 6. The Bertz CT molecular complexity index is 1430. The van der Waals surface area contributed by atoms with Crippen molar-refractivity contribution in [3.8, 4) is 0 Å². The second-order valence-corrected chi connectivity index (χ2v) is 11.8. The Morgan fingerprint density at radius 3 is 2.73 bits per heavy atom. The maximum absolute atomic E-state index is 14.5. The van der Waals surface area contributed by atoms with Crippen molar-refractivity contribution in [3.05, 3.63) is 65.5 Å². The van der Waals surface area contributed by atoms with E-state index in [1.807, 2.05) is 4.90 Å². The lowest BCUT2D eigenvalue weighted by Gasteiger charge is -2.42. The quantitative estimate of drug-likeness (QED) is 0.461. The van der Waals surface area contributed by atoms with Gasteiger partial charge in [-0.15, -0.1) is 0 Å². The van der Waals surface area contributed by atoms with Crippen LogP contribution in [0.25, 0.3) is 5.52 Å². The van der Waals surface area contributed by atoms with Gasteiger partial charge in [-0.05, 0) is 56.0 Å². The van der Waals surface area contributed by atoms with Crippen LogP contribution in [-0.2, 0) is 10.2 Å². The average molecular weight is 534 g/mol. The molecule has 2 N–H and O–H groups in total. The first kappa shape index (κ1) is 25.6. The summed E-state index contributed by atoms with van der Waals surface area (Å²) in [4.78, 5) is 15.0. The van der Waals surface area contributed by atoms with Crippen molar-refractivity contribution in [2.75, 3.05) is 31.6 Å². The van der Waals surface area contributed by atoms with Crippen molar-refractivity contribution >= 4 is 27.3 Å². The van der Waals surface area contributed by atoms with Gasteiger partial charge in [-0.3, -0.25) is 4.79 Å². The fraction of sp³-hybridized carbons (Fsp3) is 0.440. The van der Waals surface area contributed by atoms with E-state index in [1.165, 1.54) is 23.8 Å². The van der Waals surface area contributed by atoms with Crippen molar-refractivity contribution in [3.63, 3.8) is 0 Å². The van der Waals surface area contributed by atoms with Crippen LogP contribution >= 0.6 is 0 Å². The zero-order valence-electron chi connectivity index (χ0n) is 20.4. The second-order valence-electron chi connectivity index (χ2n) is 9.99. The number of halogens is 2. The first-order valence-electron chi connectivity index (χ1n) is 12.2. The van der Waals surface area contributed by atoms with Crippen LogP contribution in [0.3, 0.4) is 0 Å². The first-order valence-corrected chi connectivity index (χ1v) is 13.6. The smallest absolute Gasteiger partial charge is 0.303 e. The van der Waals surface area contributed by atoms with Crippen molar-refractivity contribution in [1.82, 2.24) is 18.6 Å². The molecule has 2 aliphatic rings. The molecular weight excluding hydrogens is 504 g/mol. The minimum atomic E-state index is -4.16. The van der Waals surface area contributed by atoms with E-state index in [0.29, 0.717) is 24.2 Å². The largest absolute Gasteiger partial charge is 0.396 e. The van der Waals surface area contributed by atoms with Crippen LogP contribution in [0.4, 0.5) is 14.5 Å². The fourth-order valence-electron chi connectivity index (χ4n) is 5.34. The summed E-state index contributed by atoms with van der Waals surface area (Å²) in [6.45, 7) is 0.602. The Balaban J connectivity index is 1.39. The number of fused-ring (bicyclic) bond motifs is 1. The highest BCUT2D eigenvalue weighted by Gasteiger charge is 2.40. The van der Waals surface area contributed by atoms with Gasteiger partial charge in [0, 0.05) is 49.6 Å². The molecule has 0 radical (unpaired) electrons. The van der Waals surface area contributed by atoms with Crippen molar-refractivity contribution in [2.45, 2.75) is 38.1 Å². The average Bonchev–Trinajstić information content (AvgIpc) is 3.49. The lowest BCUT2D eigenvalue weighted by Crippen LogP contribution is -2.49. The monoisotopic (exact) mass is 533 g/mol. The van der Waals surface area contributed by atoms with Crippen LogP contribution in [0.1, 0.15) is 54.1 Å². The lowest BCUT2D eigenvalue weighted by molar-refractivity contribution is 0.0309. The molecule has 198 valence electrons. The molecule has 0 spiro atoms. The summed E-state index contributed by atoms with van der Waals surface area (Å²) in [6, 6.07) is 6.51. The molecule has 1 saturated carbocycles. The number of nitrogens with one attached hydrogen (secondary N) is 1. The lowest BCUT2D eigenvalue weighted by atomic mass is 9.69. The van der Waals surface area contributed by atoms with E-state index >= 15 is 0 Å². The third-order valence-corrected chi connectivity index (χ3v) is 8.98. The Labute approximate surface area is 213 Å². The summed E-state index contributed by atoms with van der Waals surface area (Å²) in [5.74, 6) is -1.83. The first-order chi connectivity index (χ1) is 17.6. The maximum atomic E-state index is 14.5. The highest BCUT2D eigenvalue weighted by atomic mass is 32.2. The molecule has 1 aromatic carbocycles. The summed E-state index contributed by atoms with van der Waals surface area (Å²) >= 11 is 0. The van der Waals surface area contributed by atoms with Gasteiger partial charge >= 0.3 is 10.2 Å². The zero-order chi connectivity index (χ0) is 26.4. The number of amides is 1. The summed E-state index contributed by atoms with van der Waals surface area (Å²) in [5.41, 5.74) is 0.920. The van der Waals surface area contributed by atoms with E-state index < -0.39 is 33.2 Å². The molecule has 5 rings (SSSR count). The molecule has 37 heavy (non-hydrogen) atoms. The van der Waals surface area contributed by atoms with Gasteiger partial charge in [-0.25, -0.2) is 18.0 Å². The van der Waals surface area contributed by atoms with Crippen LogP contribution < -0.4 is 9.62 Å². The molecule has 3 heterocycles. The van der Waals surface area contributed by atoms with E-state index in [9.17, 15) is 27.1 Å². The number of nitrogens with zero attached hydrogens (tertiary/aromatic N) is 4. The predicted molar refractivity (Wildman–Crippen MR) is 133 cm³/mol. The van der Waals surface area contributed by atoms with Gasteiger partial charge in [0.05, 0.1) is 23.3 Å². The molecule has 1 saturated heterocycles. The standard InChI is InChI=1S/C25H29F2N5O4S/c1-30(15-25(16-33)8-3-9-25)37(35,36)29-24(34)20-14-28-32-11-7-18(13-23(20)32)31-10-2-4-22(31)19-12-17(26)5-6-21(19)27/h5-7,11-14,22,33H,2-4,8-10,15-16H2,1H3,(H,29,34). The van der Waals surface area contributed by atoms with Crippen LogP contribution in [0.15, 0.2) is 42.7 Å². The highest BCUT2D eigenvalue weighted by Crippen LogP contribution is 2.41. The van der Waals surface area contributed by atoms with Gasteiger partial charge in [-0.2, -0.15) is 17.8 Å². The third kappa shape index (κ3) is 4.80. The summed E-state index contributed by atoms with van der Waals surface area (Å²) in [7, 11) is -2.78. The van der Waals surface area contributed by atoms with Gasteiger partial charge < -0.3 is 10.0 Å². The van der Waals surface area contributed by atoms with Crippen molar-refractivity contribution in [1.29, 1.82) is 0 Å². The van der Waals surface area contributed by atoms with Gasteiger partial charge in [0.2, 0.25) is 0 Å². The van der Waals surface area contributed by atoms with Crippen LogP contribution in [0.5, 0.6) is 0 Å². The van der Waals surface area contributed by atoms with Gasteiger partial charge in [0.1, 0.15) is 11.6 Å². The molecule has 2 fully saturated rings. The molecule has 1 amide bonds. The summed E-state index contributed by atoms with van der Waals surface area (Å²) < 4.78 is 58.7. The number of hydrogen-bond donors (Lipinski definition) is 2. The minimum Gasteiger partial charge on any atom is -0.396 e. The normalized spacial score (nSPS) is 19.4. The molecule has 2 aromatic heterocycles. The van der Waals surface area contributed by atoms with Gasteiger partial charge in [0.15, 0.2) is 0 Å². The van der Waals surface area contributed by atoms with E-state index in [0.717, 1.165) is 42.1 Å². The third-order valence-electron chi connectivity index (χ3n) is 7.59. The van der Waals surface area contributed by atoms with Crippen LogP contribution in [-0.4, -0.2) is 60.1 Å². The molecule has 3 aromatic rings. The minimum absolute atomic E-state index is 0.0621. The molecule has 1 atom stereocenters. The number of benzene rings is 1. The zero-order valence-corrected chi connectivity index (χ0v) is 21.2. The Morgan fingerprint density at radius 2 is 2.03 bits per heavy atom. The Kier molecular flexibility index (Phi) is 6.67. The topological polar surface area (TPSA) is 107 Å². The summed E-state index contributed by atoms with van der Waals surface area (Å²) in [6.07, 6.45) is 6.72. The Hall–Kier alpha value is -3.09. The maximum Gasteiger partial charge on any atom is 0.303 e. The van der Waals surface area contributed by atoms with Crippen LogP contribution in [0.2, 0.25) is 0 Å². The van der Waals surface area contributed by atoms with Crippen molar-refractivity contribution in [2.24, 2.45) is 5.41 Å². The number of rotatable bonds is 8.